The molecule has 100 valence electrons. The van der Waals surface area contributed by atoms with E-state index in [2.05, 4.69) is 48.6 Å². The second-order valence-corrected chi connectivity index (χ2v) is 6.90. The first-order valence-corrected chi connectivity index (χ1v) is 7.04. The lowest BCUT2D eigenvalue weighted by Gasteiger charge is -2.26. The van der Waals surface area contributed by atoms with Crippen molar-refractivity contribution in [3.63, 3.8) is 0 Å². The lowest BCUT2D eigenvalue weighted by molar-refractivity contribution is 0.0961. The molecule has 0 spiro atoms. The van der Waals surface area contributed by atoms with Gasteiger partial charge in [-0.25, -0.2) is 0 Å². The fourth-order valence-corrected chi connectivity index (χ4v) is 2.39. The number of hydrogen-bond donors (Lipinski definition) is 0. The summed E-state index contributed by atoms with van der Waals surface area (Å²) < 4.78 is 0.955. The minimum atomic E-state index is 0.206. The van der Waals surface area contributed by atoms with Gasteiger partial charge in [0.2, 0.25) is 0 Å². The Morgan fingerprint density at radius 2 is 2.00 bits per heavy atom. The molecule has 3 heteroatoms. The Morgan fingerprint density at radius 3 is 2.56 bits per heavy atom. The number of Topliss-reactive ketones (excluding diaryl/α,β-unsaturated/α-hetero) is 1. The van der Waals surface area contributed by atoms with E-state index in [0.717, 1.165) is 23.1 Å². The van der Waals surface area contributed by atoms with Gasteiger partial charge in [-0.3, -0.25) is 4.79 Å². The first-order chi connectivity index (χ1) is 8.28. The molecule has 0 aliphatic rings. The highest BCUT2D eigenvalue weighted by molar-refractivity contribution is 9.10. The third kappa shape index (κ3) is 5.78. The predicted molar refractivity (Wildman–Crippen MR) is 80.0 cm³/mol. The van der Waals surface area contributed by atoms with E-state index in [1.807, 2.05) is 24.3 Å². The zero-order valence-corrected chi connectivity index (χ0v) is 13.3. The molecule has 0 saturated carbocycles. The Morgan fingerprint density at radius 1 is 1.33 bits per heavy atom. The summed E-state index contributed by atoms with van der Waals surface area (Å²) in [4.78, 5) is 14.2. The highest BCUT2D eigenvalue weighted by Gasteiger charge is 2.14. The van der Waals surface area contributed by atoms with Crippen LogP contribution in [0.1, 0.15) is 37.6 Å². The number of hydrogen-bond acceptors (Lipinski definition) is 2. The van der Waals surface area contributed by atoms with Crippen molar-refractivity contribution < 1.29 is 4.79 Å². The maximum atomic E-state index is 12.0. The van der Waals surface area contributed by atoms with E-state index in [4.69, 9.17) is 0 Å². The Kier molecular flexibility index (Phi) is 5.54. The van der Waals surface area contributed by atoms with Crippen LogP contribution in [0.15, 0.2) is 28.7 Å². The number of halogens is 1. The molecule has 0 aliphatic heterocycles. The maximum Gasteiger partial charge on any atom is 0.164 e. The molecule has 1 aromatic rings. The van der Waals surface area contributed by atoms with Crippen LogP contribution in [0.2, 0.25) is 0 Å². The molecule has 18 heavy (non-hydrogen) atoms. The van der Waals surface area contributed by atoms with Gasteiger partial charge in [0.15, 0.2) is 5.78 Å². The van der Waals surface area contributed by atoms with Crippen LogP contribution in [0, 0.1) is 5.41 Å². The molecule has 0 heterocycles. The molecule has 0 N–H and O–H groups in total. The van der Waals surface area contributed by atoms with Crippen LogP contribution in [0.5, 0.6) is 0 Å². The maximum absolute atomic E-state index is 12.0. The predicted octanol–water partition coefficient (Wildman–Crippen LogP) is 4.00. The summed E-state index contributed by atoms with van der Waals surface area (Å²) in [5, 5.41) is 0. The molecular weight excluding hydrogens is 290 g/mol. The molecule has 0 unspecified atom stereocenters. The van der Waals surface area contributed by atoms with Gasteiger partial charge in [0.05, 0.1) is 0 Å². The lowest BCUT2D eigenvalue weighted by Crippen LogP contribution is -2.31. The normalized spacial score (nSPS) is 11.9. The summed E-state index contributed by atoms with van der Waals surface area (Å²) in [7, 11) is 2.07. The molecule has 0 bridgehead atoms. The summed E-state index contributed by atoms with van der Waals surface area (Å²) in [6, 6.07) is 7.58. The molecule has 0 radical (unpaired) electrons. The van der Waals surface area contributed by atoms with Gasteiger partial charge in [0.25, 0.3) is 0 Å². The average Bonchev–Trinajstić information content (AvgIpc) is 2.23. The third-order valence-corrected chi connectivity index (χ3v) is 3.10. The molecule has 0 saturated heterocycles. The number of ketones is 1. The van der Waals surface area contributed by atoms with Gasteiger partial charge in [-0.15, -0.1) is 0 Å². The smallest absolute Gasteiger partial charge is 0.164 e. The number of rotatable bonds is 5. The summed E-state index contributed by atoms with van der Waals surface area (Å²) in [6.45, 7) is 8.43. The molecule has 1 aromatic carbocycles. The number of carbonyl (C=O) groups excluding carboxylic acids is 1. The Bertz CT molecular complexity index is 409. The van der Waals surface area contributed by atoms with Crippen molar-refractivity contribution in [2.45, 2.75) is 27.2 Å². The van der Waals surface area contributed by atoms with E-state index in [-0.39, 0.29) is 11.2 Å². The van der Waals surface area contributed by atoms with Crippen LogP contribution in [0.3, 0.4) is 0 Å². The molecule has 1 rings (SSSR count). The molecule has 0 atom stereocenters. The van der Waals surface area contributed by atoms with Crippen LogP contribution in [-0.4, -0.2) is 30.8 Å². The van der Waals surface area contributed by atoms with Crippen LogP contribution in [0.25, 0.3) is 0 Å². The summed E-state index contributed by atoms with van der Waals surface area (Å²) in [5.41, 5.74) is 1.06. The molecule has 0 amide bonds. The van der Waals surface area contributed by atoms with Crippen LogP contribution in [-0.2, 0) is 0 Å². The van der Waals surface area contributed by atoms with Crippen LogP contribution in [0.4, 0.5) is 0 Å². The van der Waals surface area contributed by atoms with E-state index in [1.54, 1.807) is 0 Å². The Balaban J connectivity index is 2.47. The van der Waals surface area contributed by atoms with Crippen molar-refractivity contribution in [3.8, 4) is 0 Å². The van der Waals surface area contributed by atoms with Crippen molar-refractivity contribution in [2.75, 3.05) is 20.1 Å². The standard InChI is InChI=1S/C15H22BrNO/c1-15(2,3)11-17(4)9-8-14(18)12-6-5-7-13(16)10-12/h5-7,10H,8-9,11H2,1-4H3. The van der Waals surface area contributed by atoms with Crippen LogP contribution >= 0.6 is 15.9 Å². The zero-order chi connectivity index (χ0) is 13.8. The largest absolute Gasteiger partial charge is 0.305 e. The molecule has 0 aliphatic carbocycles. The first-order valence-electron chi connectivity index (χ1n) is 6.25. The summed E-state index contributed by atoms with van der Waals surface area (Å²) in [5.74, 6) is 0.206. The topological polar surface area (TPSA) is 20.3 Å². The minimum Gasteiger partial charge on any atom is -0.305 e. The summed E-state index contributed by atoms with van der Waals surface area (Å²) >= 11 is 3.39. The van der Waals surface area contributed by atoms with Crippen molar-refractivity contribution in [2.24, 2.45) is 5.41 Å². The van der Waals surface area contributed by atoms with E-state index in [0.29, 0.717) is 6.42 Å². The second-order valence-electron chi connectivity index (χ2n) is 5.98. The van der Waals surface area contributed by atoms with Gasteiger partial charge in [-0.1, -0.05) is 48.8 Å². The number of carbonyl (C=O) groups is 1. The van der Waals surface area contributed by atoms with Gasteiger partial charge < -0.3 is 4.90 Å². The number of nitrogens with zero attached hydrogens (tertiary/aromatic N) is 1. The third-order valence-electron chi connectivity index (χ3n) is 2.61. The second kappa shape index (κ2) is 6.48. The van der Waals surface area contributed by atoms with Crippen molar-refractivity contribution in [1.29, 1.82) is 0 Å². The van der Waals surface area contributed by atoms with E-state index in [1.165, 1.54) is 0 Å². The molecule has 0 fully saturated rings. The zero-order valence-electron chi connectivity index (χ0n) is 11.7. The Labute approximate surface area is 119 Å². The molecule has 2 nitrogen and oxygen atoms in total. The van der Waals surface area contributed by atoms with Gasteiger partial charge in [0.1, 0.15) is 0 Å². The van der Waals surface area contributed by atoms with Crippen molar-refractivity contribution >= 4 is 21.7 Å². The SMILES string of the molecule is CN(CCC(=O)c1cccc(Br)c1)CC(C)(C)C. The lowest BCUT2D eigenvalue weighted by atomic mass is 9.96. The number of benzene rings is 1. The van der Waals surface area contributed by atoms with Crippen molar-refractivity contribution in [3.05, 3.63) is 34.3 Å². The van der Waals surface area contributed by atoms with Crippen molar-refractivity contribution in [1.82, 2.24) is 4.90 Å². The van der Waals surface area contributed by atoms with Gasteiger partial charge >= 0.3 is 0 Å². The van der Waals surface area contributed by atoms with Gasteiger partial charge in [0, 0.05) is 29.5 Å². The average molecular weight is 312 g/mol. The molecule has 0 aromatic heterocycles. The van der Waals surface area contributed by atoms with Gasteiger partial charge in [-0.05, 0) is 24.6 Å². The first kappa shape index (κ1) is 15.4. The van der Waals surface area contributed by atoms with Crippen LogP contribution < -0.4 is 0 Å². The highest BCUT2D eigenvalue weighted by Crippen LogP contribution is 2.16. The fourth-order valence-electron chi connectivity index (χ4n) is 1.99. The monoisotopic (exact) mass is 311 g/mol. The van der Waals surface area contributed by atoms with E-state index < -0.39 is 0 Å². The Hall–Kier alpha value is -0.670. The minimum absolute atomic E-state index is 0.206. The summed E-state index contributed by atoms with van der Waals surface area (Å²) in [6.07, 6.45) is 0.572. The van der Waals surface area contributed by atoms with E-state index >= 15 is 0 Å². The molecular formula is C15H22BrNO. The fraction of sp³-hybridized carbons (Fsp3) is 0.533. The highest BCUT2D eigenvalue weighted by atomic mass is 79.9. The van der Waals surface area contributed by atoms with E-state index in [9.17, 15) is 4.79 Å². The van der Waals surface area contributed by atoms with Gasteiger partial charge in [-0.2, -0.15) is 0 Å². The quantitative estimate of drug-likeness (QED) is 0.766.